The number of nitrogens with zero attached hydrogens (tertiary/aromatic N) is 1. The molecule has 0 bridgehead atoms. The van der Waals surface area contributed by atoms with Gasteiger partial charge in [0.1, 0.15) is 0 Å². The Hall–Kier alpha value is -1.26. The lowest BCUT2D eigenvalue weighted by Gasteiger charge is -1.99. The molecular formula is C11H10ClN. The van der Waals surface area contributed by atoms with E-state index in [-0.39, 0.29) is 0 Å². The summed E-state index contributed by atoms with van der Waals surface area (Å²) in [7, 11) is 0. The SMILES string of the molecule is C=C(Cl)CCc1cccc(C#N)c1. The highest BCUT2D eigenvalue weighted by Gasteiger charge is 1.95. The van der Waals surface area contributed by atoms with Crippen molar-refractivity contribution < 1.29 is 0 Å². The molecule has 0 aliphatic rings. The second-order valence-corrected chi connectivity index (χ2v) is 3.36. The summed E-state index contributed by atoms with van der Waals surface area (Å²) in [5, 5.41) is 9.30. The lowest BCUT2D eigenvalue weighted by atomic mass is 10.1. The Bertz CT molecular complexity index is 349. The van der Waals surface area contributed by atoms with E-state index in [1.165, 1.54) is 0 Å². The monoisotopic (exact) mass is 191 g/mol. The first-order valence-corrected chi connectivity index (χ1v) is 4.42. The molecule has 0 unspecified atom stereocenters. The van der Waals surface area contributed by atoms with E-state index < -0.39 is 0 Å². The molecule has 1 nitrogen and oxygen atoms in total. The van der Waals surface area contributed by atoms with Crippen LogP contribution in [0, 0.1) is 11.3 Å². The number of hydrogen-bond donors (Lipinski definition) is 0. The van der Waals surface area contributed by atoms with E-state index in [9.17, 15) is 0 Å². The molecule has 0 aliphatic heterocycles. The second-order valence-electron chi connectivity index (χ2n) is 2.83. The van der Waals surface area contributed by atoms with E-state index in [1.54, 1.807) is 6.07 Å². The molecule has 1 aromatic rings. The number of aryl methyl sites for hydroxylation is 1. The Kier molecular flexibility index (Phi) is 3.54. The number of allylic oxidation sites excluding steroid dienone is 1. The highest BCUT2D eigenvalue weighted by atomic mass is 35.5. The predicted molar refractivity (Wildman–Crippen MR) is 54.5 cm³/mol. The number of rotatable bonds is 3. The van der Waals surface area contributed by atoms with E-state index >= 15 is 0 Å². The van der Waals surface area contributed by atoms with E-state index in [1.807, 2.05) is 18.2 Å². The van der Waals surface area contributed by atoms with Gasteiger partial charge in [-0.2, -0.15) is 5.26 Å². The number of halogens is 1. The van der Waals surface area contributed by atoms with Gasteiger partial charge >= 0.3 is 0 Å². The maximum Gasteiger partial charge on any atom is 0.0991 e. The van der Waals surface area contributed by atoms with E-state index in [2.05, 4.69) is 12.6 Å². The maximum absolute atomic E-state index is 8.65. The van der Waals surface area contributed by atoms with E-state index in [0.717, 1.165) is 18.4 Å². The lowest BCUT2D eigenvalue weighted by molar-refractivity contribution is 0.988. The summed E-state index contributed by atoms with van der Waals surface area (Å²) >= 11 is 5.64. The molecule has 0 N–H and O–H groups in total. The van der Waals surface area contributed by atoms with Gasteiger partial charge in [-0.15, -0.1) is 0 Å². The molecule has 0 aromatic heterocycles. The van der Waals surface area contributed by atoms with Crippen LogP contribution in [0.1, 0.15) is 17.5 Å². The molecule has 0 atom stereocenters. The van der Waals surface area contributed by atoms with Gasteiger partial charge in [0.25, 0.3) is 0 Å². The van der Waals surface area contributed by atoms with Crippen LogP contribution in [0.3, 0.4) is 0 Å². The summed E-state index contributed by atoms with van der Waals surface area (Å²) < 4.78 is 0. The molecule has 0 aliphatic carbocycles. The van der Waals surface area contributed by atoms with Crippen molar-refractivity contribution in [1.82, 2.24) is 0 Å². The van der Waals surface area contributed by atoms with Gasteiger partial charge in [0, 0.05) is 5.03 Å². The van der Waals surface area contributed by atoms with Crippen LogP contribution >= 0.6 is 11.6 Å². The lowest BCUT2D eigenvalue weighted by Crippen LogP contribution is -1.85. The van der Waals surface area contributed by atoms with Crippen LogP contribution in [-0.4, -0.2) is 0 Å². The zero-order valence-electron chi connectivity index (χ0n) is 7.26. The molecule has 1 aromatic carbocycles. The fraction of sp³-hybridized carbons (Fsp3) is 0.182. The van der Waals surface area contributed by atoms with Gasteiger partial charge < -0.3 is 0 Å². The van der Waals surface area contributed by atoms with Crippen molar-refractivity contribution >= 4 is 11.6 Å². The van der Waals surface area contributed by atoms with Gasteiger partial charge in [-0.05, 0) is 30.5 Å². The quantitative estimate of drug-likeness (QED) is 0.720. The molecule has 2 heteroatoms. The molecule has 0 heterocycles. The van der Waals surface area contributed by atoms with Crippen LogP contribution in [0.15, 0.2) is 35.9 Å². The van der Waals surface area contributed by atoms with Gasteiger partial charge in [0.2, 0.25) is 0 Å². The molecule has 0 spiro atoms. The van der Waals surface area contributed by atoms with Crippen molar-refractivity contribution in [2.24, 2.45) is 0 Å². The first-order valence-electron chi connectivity index (χ1n) is 4.04. The average Bonchev–Trinajstić information content (AvgIpc) is 2.15. The Balaban J connectivity index is 2.68. The molecule has 0 fully saturated rings. The van der Waals surface area contributed by atoms with Gasteiger partial charge in [0.15, 0.2) is 0 Å². The molecule has 1 rings (SSSR count). The van der Waals surface area contributed by atoms with Crippen LogP contribution < -0.4 is 0 Å². The average molecular weight is 192 g/mol. The highest BCUT2D eigenvalue weighted by molar-refractivity contribution is 6.29. The maximum atomic E-state index is 8.65. The van der Waals surface area contributed by atoms with Crippen LogP contribution in [-0.2, 0) is 6.42 Å². The third kappa shape index (κ3) is 3.31. The molecule has 0 saturated heterocycles. The topological polar surface area (TPSA) is 23.8 Å². The van der Waals surface area contributed by atoms with Crippen LogP contribution in [0.4, 0.5) is 0 Å². The van der Waals surface area contributed by atoms with Crippen LogP contribution in [0.2, 0.25) is 0 Å². The van der Waals surface area contributed by atoms with Gasteiger partial charge in [-0.1, -0.05) is 30.3 Å². The summed E-state index contributed by atoms with van der Waals surface area (Å²) in [4.78, 5) is 0. The largest absolute Gasteiger partial charge is 0.192 e. The Morgan fingerprint density at radius 2 is 2.31 bits per heavy atom. The van der Waals surface area contributed by atoms with E-state index in [0.29, 0.717) is 10.6 Å². The first kappa shape index (κ1) is 9.83. The van der Waals surface area contributed by atoms with Crippen LogP contribution in [0.25, 0.3) is 0 Å². The number of nitriles is 1. The summed E-state index contributed by atoms with van der Waals surface area (Å²) in [6.07, 6.45) is 1.61. The van der Waals surface area contributed by atoms with Crippen molar-refractivity contribution in [2.75, 3.05) is 0 Å². The minimum Gasteiger partial charge on any atom is -0.192 e. The zero-order chi connectivity index (χ0) is 9.68. The molecule has 0 saturated carbocycles. The van der Waals surface area contributed by atoms with Crippen LogP contribution in [0.5, 0.6) is 0 Å². The Labute approximate surface area is 83.3 Å². The first-order chi connectivity index (χ1) is 6.22. The van der Waals surface area contributed by atoms with Gasteiger partial charge in [-0.3, -0.25) is 0 Å². The molecule has 66 valence electrons. The molecule has 13 heavy (non-hydrogen) atoms. The second kappa shape index (κ2) is 4.69. The third-order valence-electron chi connectivity index (χ3n) is 1.74. The van der Waals surface area contributed by atoms with Crippen molar-refractivity contribution in [2.45, 2.75) is 12.8 Å². The number of hydrogen-bond acceptors (Lipinski definition) is 1. The fourth-order valence-corrected chi connectivity index (χ4v) is 1.17. The van der Waals surface area contributed by atoms with Gasteiger partial charge in [-0.25, -0.2) is 0 Å². The zero-order valence-corrected chi connectivity index (χ0v) is 8.01. The standard InChI is InChI=1S/C11H10ClN/c1-9(12)5-6-10-3-2-4-11(7-10)8-13/h2-4,7H,1,5-6H2. The third-order valence-corrected chi connectivity index (χ3v) is 1.93. The van der Waals surface area contributed by atoms with Crippen molar-refractivity contribution in [3.05, 3.63) is 47.0 Å². The van der Waals surface area contributed by atoms with Crippen molar-refractivity contribution in [3.63, 3.8) is 0 Å². The minimum atomic E-state index is 0.655. The smallest absolute Gasteiger partial charge is 0.0991 e. The normalized spacial score (nSPS) is 9.23. The summed E-state index contributed by atoms with van der Waals surface area (Å²) in [5.74, 6) is 0. The van der Waals surface area contributed by atoms with E-state index in [4.69, 9.17) is 16.9 Å². The molecular weight excluding hydrogens is 182 g/mol. The summed E-state index contributed by atoms with van der Waals surface area (Å²) in [6.45, 7) is 3.61. The number of benzene rings is 1. The van der Waals surface area contributed by atoms with Gasteiger partial charge in [0.05, 0.1) is 11.6 Å². The predicted octanol–water partition coefficient (Wildman–Crippen LogP) is 3.24. The Morgan fingerprint density at radius 3 is 2.92 bits per heavy atom. The Morgan fingerprint density at radius 1 is 1.54 bits per heavy atom. The van der Waals surface area contributed by atoms with Crippen molar-refractivity contribution in [3.8, 4) is 6.07 Å². The summed E-state index contributed by atoms with van der Waals surface area (Å²) in [6, 6.07) is 9.63. The minimum absolute atomic E-state index is 0.655. The van der Waals surface area contributed by atoms with Crippen molar-refractivity contribution in [1.29, 1.82) is 5.26 Å². The fourth-order valence-electron chi connectivity index (χ4n) is 1.08. The summed E-state index contributed by atoms with van der Waals surface area (Å²) in [5.41, 5.74) is 1.82. The highest BCUT2D eigenvalue weighted by Crippen LogP contribution is 2.11. The molecule has 0 radical (unpaired) electrons. The molecule has 0 amide bonds.